The second kappa shape index (κ2) is 5.85. The molecule has 0 aliphatic rings. The molecule has 1 unspecified atom stereocenters. The molecule has 2 rings (SSSR count). The third kappa shape index (κ3) is 2.67. The minimum atomic E-state index is -0.926. The maximum atomic E-state index is 14.1. The fourth-order valence-electron chi connectivity index (χ4n) is 2.10. The van der Waals surface area contributed by atoms with E-state index in [0.717, 1.165) is 6.07 Å². The molecule has 0 aliphatic heterocycles. The topological polar surface area (TPSA) is 12.0 Å². The molecule has 0 amide bonds. The van der Waals surface area contributed by atoms with E-state index in [4.69, 9.17) is 11.6 Å². The third-order valence-electron chi connectivity index (χ3n) is 3.18. The van der Waals surface area contributed by atoms with E-state index in [0.29, 0.717) is 5.56 Å². The lowest BCUT2D eigenvalue weighted by Crippen LogP contribution is -2.20. The quantitative estimate of drug-likeness (QED) is 0.887. The monoisotopic (exact) mass is 299 g/mol. The minimum absolute atomic E-state index is 0.129. The lowest BCUT2D eigenvalue weighted by Gasteiger charge is -2.20. The van der Waals surface area contributed by atoms with Gasteiger partial charge in [0.25, 0.3) is 0 Å². The molecule has 1 nitrogen and oxygen atoms in total. The summed E-state index contributed by atoms with van der Waals surface area (Å²) in [6.45, 7) is 1.49. The van der Waals surface area contributed by atoms with Crippen molar-refractivity contribution >= 4 is 11.6 Å². The molecular weight excluding hydrogens is 287 g/mol. The predicted molar refractivity (Wildman–Crippen MR) is 73.4 cm³/mol. The Morgan fingerprint density at radius 2 is 1.65 bits per heavy atom. The third-order valence-corrected chi connectivity index (χ3v) is 3.51. The molecule has 2 aromatic carbocycles. The predicted octanol–water partition coefficient (Wildman–Crippen LogP) is 4.37. The number of benzene rings is 2. The zero-order valence-electron chi connectivity index (χ0n) is 11.0. The maximum absolute atomic E-state index is 14.1. The van der Waals surface area contributed by atoms with Crippen LogP contribution in [0.25, 0.3) is 0 Å². The van der Waals surface area contributed by atoms with Crippen LogP contribution in [0, 0.1) is 24.4 Å². The molecule has 0 aromatic heterocycles. The van der Waals surface area contributed by atoms with E-state index < -0.39 is 23.5 Å². The van der Waals surface area contributed by atoms with Gasteiger partial charge in [-0.1, -0.05) is 29.8 Å². The second-order valence-corrected chi connectivity index (χ2v) is 4.89. The number of halogens is 4. The molecule has 0 saturated carbocycles. The molecule has 0 heterocycles. The Morgan fingerprint density at radius 1 is 1.00 bits per heavy atom. The smallest absolute Gasteiger partial charge is 0.164 e. The highest BCUT2D eigenvalue weighted by Crippen LogP contribution is 2.31. The van der Waals surface area contributed by atoms with Crippen LogP contribution >= 0.6 is 11.6 Å². The lowest BCUT2D eigenvalue weighted by atomic mass is 9.97. The van der Waals surface area contributed by atoms with Gasteiger partial charge in [0.2, 0.25) is 0 Å². The molecule has 0 bridgehead atoms. The van der Waals surface area contributed by atoms with Crippen LogP contribution in [0.3, 0.4) is 0 Å². The van der Waals surface area contributed by atoms with Gasteiger partial charge in [0.1, 0.15) is 5.82 Å². The lowest BCUT2D eigenvalue weighted by molar-refractivity contribution is 0.482. The highest BCUT2D eigenvalue weighted by Gasteiger charge is 2.22. The number of hydrogen-bond donors (Lipinski definition) is 1. The molecule has 0 spiro atoms. The van der Waals surface area contributed by atoms with Crippen molar-refractivity contribution in [2.24, 2.45) is 0 Å². The highest BCUT2D eigenvalue weighted by molar-refractivity contribution is 6.31. The molecule has 0 fully saturated rings. The summed E-state index contributed by atoms with van der Waals surface area (Å²) in [5, 5.41) is 3.03. The van der Waals surface area contributed by atoms with Crippen molar-refractivity contribution in [3.8, 4) is 0 Å². The van der Waals surface area contributed by atoms with Crippen LogP contribution in [-0.4, -0.2) is 7.05 Å². The molecule has 1 N–H and O–H groups in total. The van der Waals surface area contributed by atoms with Crippen LogP contribution in [0.4, 0.5) is 13.2 Å². The first-order valence-corrected chi connectivity index (χ1v) is 6.40. The summed E-state index contributed by atoms with van der Waals surface area (Å²) in [6, 6.07) is 6.16. The van der Waals surface area contributed by atoms with E-state index in [1.807, 2.05) is 0 Å². The Hall–Kier alpha value is -1.52. The average molecular weight is 300 g/mol. The van der Waals surface area contributed by atoms with Crippen LogP contribution < -0.4 is 5.32 Å². The first-order valence-electron chi connectivity index (χ1n) is 6.02. The van der Waals surface area contributed by atoms with Gasteiger partial charge in [-0.25, -0.2) is 13.2 Å². The Kier molecular flexibility index (Phi) is 4.35. The summed E-state index contributed by atoms with van der Waals surface area (Å²) in [5.41, 5.74) is 0.841. The Morgan fingerprint density at radius 3 is 2.25 bits per heavy atom. The van der Waals surface area contributed by atoms with Crippen LogP contribution in [0.2, 0.25) is 5.02 Å². The van der Waals surface area contributed by atoms with E-state index >= 15 is 0 Å². The number of hydrogen-bond acceptors (Lipinski definition) is 1. The summed E-state index contributed by atoms with van der Waals surface area (Å²) in [4.78, 5) is 0. The molecule has 20 heavy (non-hydrogen) atoms. The fourth-order valence-corrected chi connectivity index (χ4v) is 2.37. The number of nitrogens with one attached hydrogen (secondary N) is 1. The minimum Gasteiger partial charge on any atom is -0.309 e. The van der Waals surface area contributed by atoms with Crippen LogP contribution in [0.15, 0.2) is 30.3 Å². The molecule has 0 aliphatic carbocycles. The standard InChI is InChI=1S/C15H13ClF3N/c1-8-3-5-11(14(19)13(8)18)15(20-2)10-6-4-9(17)7-12(10)16/h3-7,15,20H,1-2H3. The largest absolute Gasteiger partial charge is 0.309 e. The van der Waals surface area contributed by atoms with Crippen molar-refractivity contribution in [3.63, 3.8) is 0 Å². The Labute approximate surface area is 120 Å². The van der Waals surface area contributed by atoms with Crippen molar-refractivity contribution < 1.29 is 13.2 Å². The zero-order valence-corrected chi connectivity index (χ0v) is 11.7. The van der Waals surface area contributed by atoms with Gasteiger partial charge in [0.05, 0.1) is 6.04 Å². The molecule has 2 aromatic rings. The molecule has 5 heteroatoms. The van der Waals surface area contributed by atoms with Gasteiger partial charge in [-0.3, -0.25) is 0 Å². The molecule has 106 valence electrons. The first kappa shape index (κ1) is 14.9. The van der Waals surface area contributed by atoms with Gasteiger partial charge in [-0.15, -0.1) is 0 Å². The maximum Gasteiger partial charge on any atom is 0.164 e. The van der Waals surface area contributed by atoms with Crippen LogP contribution in [0.5, 0.6) is 0 Å². The fraction of sp³-hybridized carbons (Fsp3) is 0.200. The van der Waals surface area contributed by atoms with E-state index in [2.05, 4.69) is 5.32 Å². The first-order chi connectivity index (χ1) is 9.45. The van der Waals surface area contributed by atoms with Crippen molar-refractivity contribution in [2.75, 3.05) is 7.05 Å². The van der Waals surface area contributed by atoms with Crippen molar-refractivity contribution in [3.05, 3.63) is 69.5 Å². The van der Waals surface area contributed by atoms with Gasteiger partial charge in [-0.05, 0) is 37.2 Å². The molecule has 0 radical (unpaired) electrons. The van der Waals surface area contributed by atoms with Gasteiger partial charge in [-0.2, -0.15) is 0 Å². The van der Waals surface area contributed by atoms with Crippen molar-refractivity contribution in [1.82, 2.24) is 5.32 Å². The summed E-state index contributed by atoms with van der Waals surface area (Å²) in [5.74, 6) is -2.30. The number of rotatable bonds is 3. The summed E-state index contributed by atoms with van der Waals surface area (Å²) < 4.78 is 40.8. The van der Waals surface area contributed by atoms with Gasteiger partial charge >= 0.3 is 0 Å². The number of aryl methyl sites for hydroxylation is 1. The molecular formula is C15H13ClF3N. The second-order valence-electron chi connectivity index (χ2n) is 4.49. The normalized spacial score (nSPS) is 12.5. The van der Waals surface area contributed by atoms with E-state index in [-0.39, 0.29) is 16.1 Å². The average Bonchev–Trinajstić information content (AvgIpc) is 2.41. The summed E-state index contributed by atoms with van der Waals surface area (Å²) >= 11 is 5.98. The van der Waals surface area contributed by atoms with Crippen LogP contribution in [0.1, 0.15) is 22.7 Å². The molecule has 0 saturated heterocycles. The summed E-state index contributed by atoms with van der Waals surface area (Å²) in [7, 11) is 1.60. The SMILES string of the molecule is CNC(c1ccc(F)cc1Cl)c1ccc(C)c(F)c1F. The van der Waals surface area contributed by atoms with E-state index in [1.165, 1.54) is 31.2 Å². The highest BCUT2D eigenvalue weighted by atomic mass is 35.5. The van der Waals surface area contributed by atoms with Gasteiger partial charge < -0.3 is 5.32 Å². The Bertz CT molecular complexity index is 643. The zero-order chi connectivity index (χ0) is 14.9. The summed E-state index contributed by atoms with van der Waals surface area (Å²) in [6.07, 6.45) is 0. The van der Waals surface area contributed by atoms with E-state index in [1.54, 1.807) is 7.05 Å². The van der Waals surface area contributed by atoms with E-state index in [9.17, 15) is 13.2 Å². The Balaban J connectivity index is 2.55. The van der Waals surface area contributed by atoms with Crippen molar-refractivity contribution in [2.45, 2.75) is 13.0 Å². The van der Waals surface area contributed by atoms with Gasteiger partial charge in [0.15, 0.2) is 11.6 Å². The molecule has 1 atom stereocenters. The van der Waals surface area contributed by atoms with Gasteiger partial charge in [0, 0.05) is 10.6 Å². The van der Waals surface area contributed by atoms with Crippen molar-refractivity contribution in [1.29, 1.82) is 0 Å². The van der Waals surface area contributed by atoms with Crippen LogP contribution in [-0.2, 0) is 0 Å².